The van der Waals surface area contributed by atoms with Gasteiger partial charge >= 0.3 is 11.9 Å². The highest BCUT2D eigenvalue weighted by atomic mass is 32.2. The Morgan fingerprint density at radius 3 is 2.10 bits per heavy atom. The third kappa shape index (κ3) is 6.48. The van der Waals surface area contributed by atoms with E-state index in [4.69, 9.17) is 15.9 Å². The largest absolute Gasteiger partial charge is 0.481 e. The molecule has 0 amide bonds. The average Bonchev–Trinajstić information content (AvgIpc) is 2.39. The molecule has 0 heterocycles. The van der Waals surface area contributed by atoms with Crippen molar-refractivity contribution < 1.29 is 29.1 Å². The van der Waals surface area contributed by atoms with Gasteiger partial charge in [-0.3, -0.25) is 9.00 Å². The van der Waals surface area contributed by atoms with Crippen LogP contribution in [0.1, 0.15) is 18.9 Å². The van der Waals surface area contributed by atoms with Crippen LogP contribution < -0.4 is 5.73 Å². The normalized spacial score (nSPS) is 14.2. The molecule has 0 aliphatic carbocycles. The van der Waals surface area contributed by atoms with Crippen molar-refractivity contribution in [1.82, 2.24) is 0 Å². The summed E-state index contributed by atoms with van der Waals surface area (Å²) in [7, 11) is -2.25. The van der Waals surface area contributed by atoms with E-state index in [2.05, 4.69) is 0 Å². The molecule has 21 heavy (non-hydrogen) atoms. The standard InChI is InChI=1S/C11H12O6S.C2H7N/c12-9(13)6-11(16,10(14)15)18(17)7-8-4-2-1-3-5-8;1-2-3/h1-5,16H,6-7H2,(H,12,13)(H,14,15);2-3H2,1H3. The van der Waals surface area contributed by atoms with E-state index in [9.17, 15) is 18.9 Å². The Bertz CT molecular complexity index is 493. The third-order valence-corrected chi connectivity index (χ3v) is 3.91. The van der Waals surface area contributed by atoms with E-state index in [1.165, 1.54) is 0 Å². The van der Waals surface area contributed by atoms with Gasteiger partial charge in [0, 0.05) is 0 Å². The quantitative estimate of drug-likeness (QED) is 0.585. The van der Waals surface area contributed by atoms with E-state index < -0.39 is 34.1 Å². The monoisotopic (exact) mass is 317 g/mol. The van der Waals surface area contributed by atoms with Gasteiger partial charge in [-0.1, -0.05) is 37.3 Å². The second-order valence-corrected chi connectivity index (χ2v) is 5.70. The van der Waals surface area contributed by atoms with Crippen LogP contribution in [0.3, 0.4) is 0 Å². The van der Waals surface area contributed by atoms with Crippen LogP contribution in [0.2, 0.25) is 0 Å². The number of hydrogen-bond acceptors (Lipinski definition) is 5. The lowest BCUT2D eigenvalue weighted by molar-refractivity contribution is -0.156. The first kappa shape index (κ1) is 19.2. The van der Waals surface area contributed by atoms with Crippen LogP contribution >= 0.6 is 0 Å². The van der Waals surface area contributed by atoms with Crippen molar-refractivity contribution in [3.05, 3.63) is 35.9 Å². The molecule has 2 unspecified atom stereocenters. The average molecular weight is 317 g/mol. The molecule has 0 saturated heterocycles. The van der Waals surface area contributed by atoms with Gasteiger partial charge < -0.3 is 21.1 Å². The molecule has 5 N–H and O–H groups in total. The summed E-state index contributed by atoms with van der Waals surface area (Å²) in [4.78, 5) is 18.6. The Balaban J connectivity index is 0.00000122. The molecule has 0 aliphatic heterocycles. The molecule has 1 aromatic rings. The van der Waals surface area contributed by atoms with Gasteiger partial charge in [0.25, 0.3) is 0 Å². The van der Waals surface area contributed by atoms with E-state index in [1.54, 1.807) is 30.3 Å². The van der Waals surface area contributed by atoms with Crippen molar-refractivity contribution in [2.45, 2.75) is 24.0 Å². The predicted molar refractivity (Wildman–Crippen MR) is 77.9 cm³/mol. The van der Waals surface area contributed by atoms with E-state index in [-0.39, 0.29) is 5.75 Å². The smallest absolute Gasteiger partial charge is 0.349 e. The molecular formula is C13H19NO6S. The molecule has 0 bridgehead atoms. The number of nitrogens with two attached hydrogens (primary N) is 1. The van der Waals surface area contributed by atoms with Crippen LogP contribution in [-0.2, 0) is 26.1 Å². The predicted octanol–water partition coefficient (Wildman–Crippen LogP) is 0.148. The second kappa shape index (κ2) is 9.22. The summed E-state index contributed by atoms with van der Waals surface area (Å²) in [5.41, 5.74) is 5.40. The van der Waals surface area contributed by atoms with Gasteiger partial charge in [0.05, 0.1) is 23.0 Å². The molecule has 7 nitrogen and oxygen atoms in total. The minimum Gasteiger partial charge on any atom is -0.481 e. The van der Waals surface area contributed by atoms with Crippen LogP contribution in [0.5, 0.6) is 0 Å². The van der Waals surface area contributed by atoms with Gasteiger partial charge in [-0.05, 0) is 12.1 Å². The van der Waals surface area contributed by atoms with E-state index in [0.29, 0.717) is 5.56 Å². The Kier molecular flexibility index (Phi) is 8.44. The summed E-state index contributed by atoms with van der Waals surface area (Å²) in [5, 5.41) is 27.1. The molecule has 0 aromatic heterocycles. The van der Waals surface area contributed by atoms with Gasteiger partial charge in [-0.25, -0.2) is 4.79 Å². The number of aliphatic carboxylic acids is 2. The molecule has 1 aromatic carbocycles. The van der Waals surface area contributed by atoms with E-state index in [0.717, 1.165) is 6.54 Å². The highest BCUT2D eigenvalue weighted by Crippen LogP contribution is 2.20. The zero-order chi connectivity index (χ0) is 16.5. The molecule has 0 fully saturated rings. The van der Waals surface area contributed by atoms with Crippen molar-refractivity contribution in [3.63, 3.8) is 0 Å². The second-order valence-electron chi connectivity index (χ2n) is 4.04. The van der Waals surface area contributed by atoms with Gasteiger partial charge in [-0.15, -0.1) is 0 Å². The molecule has 0 saturated carbocycles. The molecular weight excluding hydrogens is 298 g/mol. The molecule has 0 spiro atoms. The van der Waals surface area contributed by atoms with E-state index in [1.807, 2.05) is 6.92 Å². The number of rotatable bonds is 6. The molecule has 118 valence electrons. The lowest BCUT2D eigenvalue weighted by atomic mass is 10.2. The van der Waals surface area contributed by atoms with Gasteiger partial charge in [0.2, 0.25) is 4.93 Å². The van der Waals surface area contributed by atoms with Crippen molar-refractivity contribution in [2.24, 2.45) is 5.73 Å². The molecule has 0 radical (unpaired) electrons. The highest BCUT2D eigenvalue weighted by molar-refractivity contribution is 7.86. The minimum absolute atomic E-state index is 0.225. The summed E-state index contributed by atoms with van der Waals surface area (Å²) in [6, 6.07) is 8.29. The van der Waals surface area contributed by atoms with Crippen LogP contribution in [0, 0.1) is 0 Å². The van der Waals surface area contributed by atoms with Crippen LogP contribution in [0.25, 0.3) is 0 Å². The minimum atomic E-state index is -2.78. The molecule has 8 heteroatoms. The summed E-state index contributed by atoms with van der Waals surface area (Å²) >= 11 is 0. The molecule has 2 atom stereocenters. The highest BCUT2D eigenvalue weighted by Gasteiger charge is 2.44. The zero-order valence-electron chi connectivity index (χ0n) is 11.6. The lowest BCUT2D eigenvalue weighted by Gasteiger charge is -2.20. The Labute approximate surface area is 124 Å². The number of carboxylic acids is 2. The lowest BCUT2D eigenvalue weighted by Crippen LogP contribution is -2.45. The Morgan fingerprint density at radius 1 is 1.24 bits per heavy atom. The zero-order valence-corrected chi connectivity index (χ0v) is 12.4. The molecule has 1 rings (SSSR count). The Hall–Kier alpha value is -1.77. The maximum absolute atomic E-state index is 11.8. The van der Waals surface area contributed by atoms with E-state index >= 15 is 0 Å². The topological polar surface area (TPSA) is 138 Å². The van der Waals surface area contributed by atoms with Gasteiger partial charge in [-0.2, -0.15) is 0 Å². The van der Waals surface area contributed by atoms with Crippen LogP contribution in [0.4, 0.5) is 0 Å². The fourth-order valence-electron chi connectivity index (χ4n) is 1.30. The van der Waals surface area contributed by atoms with Crippen molar-refractivity contribution in [1.29, 1.82) is 0 Å². The molecule has 0 aliphatic rings. The fourth-order valence-corrected chi connectivity index (χ4v) is 2.52. The van der Waals surface area contributed by atoms with Crippen LogP contribution in [-0.4, -0.2) is 42.9 Å². The van der Waals surface area contributed by atoms with Gasteiger partial charge in [0.15, 0.2) is 0 Å². The summed E-state index contributed by atoms with van der Waals surface area (Å²) in [6.45, 7) is 2.65. The van der Waals surface area contributed by atoms with Crippen LogP contribution in [0.15, 0.2) is 30.3 Å². The Morgan fingerprint density at radius 2 is 1.71 bits per heavy atom. The summed E-state index contributed by atoms with van der Waals surface area (Å²) in [5.74, 6) is -3.56. The maximum Gasteiger partial charge on any atom is 0.349 e. The third-order valence-electron chi connectivity index (χ3n) is 2.24. The number of carbonyl (C=O) groups is 2. The number of benzene rings is 1. The first-order chi connectivity index (χ1) is 9.77. The van der Waals surface area contributed by atoms with Crippen molar-refractivity contribution in [2.75, 3.05) is 6.54 Å². The van der Waals surface area contributed by atoms with Crippen molar-refractivity contribution in [3.8, 4) is 0 Å². The van der Waals surface area contributed by atoms with Crippen molar-refractivity contribution >= 4 is 22.7 Å². The fraction of sp³-hybridized carbons (Fsp3) is 0.385. The summed E-state index contributed by atoms with van der Waals surface area (Å²) in [6.07, 6.45) is -1.11. The first-order valence-electron chi connectivity index (χ1n) is 6.08. The van der Waals surface area contributed by atoms with Gasteiger partial charge in [0.1, 0.15) is 0 Å². The number of hydrogen-bond donors (Lipinski definition) is 4. The number of carboxylic acid groups (broad SMARTS) is 2. The number of aliphatic hydroxyl groups is 1. The maximum atomic E-state index is 11.8. The SMILES string of the molecule is CCN.O=C(O)CC(O)(C(=O)O)S(=O)Cc1ccccc1. The summed E-state index contributed by atoms with van der Waals surface area (Å²) < 4.78 is 11.8. The first-order valence-corrected chi connectivity index (χ1v) is 7.39.